The van der Waals surface area contributed by atoms with Crippen molar-refractivity contribution in [3.05, 3.63) is 0 Å². The van der Waals surface area contributed by atoms with E-state index in [0.717, 1.165) is 0 Å². The van der Waals surface area contributed by atoms with Crippen molar-refractivity contribution >= 4 is 17.2 Å². The van der Waals surface area contributed by atoms with Gasteiger partial charge in [-0.1, -0.05) is 0 Å². The largest absolute Gasteiger partial charge is 0.673 e. The molecular formula is C3H9BF4OS. The van der Waals surface area contributed by atoms with Gasteiger partial charge in [-0.05, 0) is 0 Å². The maximum absolute atomic E-state index is 10.2. The Morgan fingerprint density at radius 1 is 1.00 bits per heavy atom. The first-order valence-corrected chi connectivity index (χ1v) is 5.05. The summed E-state index contributed by atoms with van der Waals surface area (Å²) in [6.07, 6.45) is 5.15. The van der Waals surface area contributed by atoms with Gasteiger partial charge in [0.1, 0.15) is 18.8 Å². The summed E-state index contributed by atoms with van der Waals surface area (Å²) in [5.74, 6) is 0. The second-order valence-corrected chi connectivity index (χ2v) is 5.67. The van der Waals surface area contributed by atoms with Crippen LogP contribution in [0.2, 0.25) is 0 Å². The van der Waals surface area contributed by atoms with Crippen LogP contribution in [0.15, 0.2) is 0 Å². The van der Waals surface area contributed by atoms with E-state index in [1.807, 2.05) is 0 Å². The lowest BCUT2D eigenvalue weighted by Gasteiger charge is -1.94. The third kappa shape index (κ3) is 90100. The first-order valence-electron chi connectivity index (χ1n) is 2.26. The molecule has 0 aromatic heterocycles. The van der Waals surface area contributed by atoms with Crippen molar-refractivity contribution in [2.45, 2.75) is 0 Å². The highest BCUT2D eigenvalue weighted by molar-refractivity contribution is 8.00. The van der Waals surface area contributed by atoms with Crippen molar-refractivity contribution in [1.29, 1.82) is 0 Å². The van der Waals surface area contributed by atoms with E-state index >= 15 is 0 Å². The minimum atomic E-state index is -6.00. The predicted molar refractivity (Wildman–Crippen MR) is 36.0 cm³/mol. The summed E-state index contributed by atoms with van der Waals surface area (Å²) in [6, 6.07) is 0. The molecule has 0 heterocycles. The van der Waals surface area contributed by atoms with Crippen LogP contribution < -0.4 is 0 Å². The zero-order chi connectivity index (χ0) is 9.00. The Kier molecular flexibility index (Phi) is 4.98. The van der Waals surface area contributed by atoms with Crippen LogP contribution >= 0.6 is 0 Å². The molecule has 10 heavy (non-hydrogen) atoms. The van der Waals surface area contributed by atoms with Gasteiger partial charge in [0.2, 0.25) is 0 Å². The molecule has 0 aliphatic carbocycles. The van der Waals surface area contributed by atoms with Crippen molar-refractivity contribution in [3.8, 4) is 0 Å². The molecule has 64 valence electrons. The highest BCUT2D eigenvalue weighted by Crippen LogP contribution is 2.06. The molecule has 0 radical (unpaired) electrons. The molecule has 0 unspecified atom stereocenters. The van der Waals surface area contributed by atoms with Gasteiger partial charge in [0.05, 0.1) is 9.93 Å². The Labute approximate surface area is 58.3 Å². The SMILES string of the molecule is C[S+](C)(C)=O.F[B-](F)(F)F. The second-order valence-electron chi connectivity index (χ2n) is 2.22. The summed E-state index contributed by atoms with van der Waals surface area (Å²) >= 11 is 0. The average molecular weight is 180 g/mol. The highest BCUT2D eigenvalue weighted by atomic mass is 32.2. The molecule has 0 aromatic rings. The summed E-state index contributed by atoms with van der Waals surface area (Å²) in [7, 11) is -7.42. The molecule has 0 atom stereocenters. The molecule has 0 amide bonds. The average Bonchev–Trinajstić information content (AvgIpc) is 1.12. The van der Waals surface area contributed by atoms with E-state index < -0.39 is 17.2 Å². The fourth-order valence-corrected chi connectivity index (χ4v) is 0. The van der Waals surface area contributed by atoms with Crippen molar-refractivity contribution in [3.63, 3.8) is 0 Å². The fraction of sp³-hybridized carbons (Fsp3) is 1.00. The van der Waals surface area contributed by atoms with Gasteiger partial charge >= 0.3 is 7.25 Å². The molecule has 0 fully saturated rings. The Morgan fingerprint density at radius 3 is 1.00 bits per heavy atom. The van der Waals surface area contributed by atoms with E-state index in [-0.39, 0.29) is 0 Å². The Hall–Kier alpha value is -0.0651. The molecule has 0 aliphatic rings. The first kappa shape index (κ1) is 12.6. The van der Waals surface area contributed by atoms with Gasteiger partial charge in [-0.3, -0.25) is 0 Å². The normalized spacial score (nSPS) is 11.9. The van der Waals surface area contributed by atoms with Gasteiger partial charge in [-0.25, -0.2) is 0 Å². The number of hydrogen-bond acceptors (Lipinski definition) is 1. The van der Waals surface area contributed by atoms with Gasteiger partial charge in [0.25, 0.3) is 0 Å². The van der Waals surface area contributed by atoms with Crippen molar-refractivity contribution < 1.29 is 21.5 Å². The van der Waals surface area contributed by atoms with E-state index in [1.54, 1.807) is 18.8 Å². The van der Waals surface area contributed by atoms with Gasteiger partial charge in [0, 0.05) is 0 Å². The van der Waals surface area contributed by atoms with Crippen LogP contribution in [-0.4, -0.2) is 26.0 Å². The van der Waals surface area contributed by atoms with Crippen LogP contribution in [0.3, 0.4) is 0 Å². The third-order valence-corrected chi connectivity index (χ3v) is 0. The topological polar surface area (TPSA) is 17.1 Å². The molecule has 0 aliphatic heterocycles. The quantitative estimate of drug-likeness (QED) is 0.315. The van der Waals surface area contributed by atoms with E-state index in [1.165, 1.54) is 0 Å². The van der Waals surface area contributed by atoms with Crippen molar-refractivity contribution in [2.24, 2.45) is 0 Å². The second kappa shape index (κ2) is 3.95. The summed E-state index contributed by atoms with van der Waals surface area (Å²) < 4.78 is 49.2. The standard InChI is InChI=1S/C3H9OS.BF4/c1-5(2,3)4;2-1(3,4)5/h1-3H3;/q+1;-1. The lowest BCUT2D eigenvalue weighted by molar-refractivity contribution is 0.368. The monoisotopic (exact) mass is 180 g/mol. The Morgan fingerprint density at radius 2 is 1.00 bits per heavy atom. The molecule has 0 bridgehead atoms. The minimum Gasteiger partial charge on any atom is -0.418 e. The summed E-state index contributed by atoms with van der Waals surface area (Å²) in [6.45, 7) is 0. The lowest BCUT2D eigenvalue weighted by Crippen LogP contribution is -2.02. The summed E-state index contributed by atoms with van der Waals surface area (Å²) in [5, 5.41) is 0. The highest BCUT2D eigenvalue weighted by Gasteiger charge is 2.20. The zero-order valence-corrected chi connectivity index (χ0v) is 6.72. The molecule has 0 spiro atoms. The molecule has 0 rings (SSSR count). The Balaban J connectivity index is 0. The van der Waals surface area contributed by atoms with Crippen LogP contribution in [0.1, 0.15) is 0 Å². The number of rotatable bonds is 0. The smallest absolute Gasteiger partial charge is 0.418 e. The van der Waals surface area contributed by atoms with Crippen molar-refractivity contribution in [1.82, 2.24) is 0 Å². The van der Waals surface area contributed by atoms with E-state index in [0.29, 0.717) is 0 Å². The van der Waals surface area contributed by atoms with Crippen LogP contribution in [0.4, 0.5) is 17.3 Å². The molecular weight excluding hydrogens is 171 g/mol. The van der Waals surface area contributed by atoms with E-state index in [4.69, 9.17) is 0 Å². The maximum atomic E-state index is 10.2. The van der Waals surface area contributed by atoms with Gasteiger partial charge in [-0.15, -0.1) is 4.21 Å². The third-order valence-electron chi connectivity index (χ3n) is 0. The molecule has 7 heteroatoms. The molecule has 0 saturated heterocycles. The zero-order valence-electron chi connectivity index (χ0n) is 5.91. The van der Waals surface area contributed by atoms with E-state index in [2.05, 4.69) is 0 Å². The lowest BCUT2D eigenvalue weighted by atomic mass is 10.3. The summed E-state index contributed by atoms with van der Waals surface area (Å²) in [4.78, 5) is 0. The van der Waals surface area contributed by atoms with E-state index in [9.17, 15) is 21.5 Å². The minimum absolute atomic E-state index is 1.42. The number of halogens is 4. The van der Waals surface area contributed by atoms with Crippen LogP contribution in [0, 0.1) is 0 Å². The molecule has 0 saturated carbocycles. The van der Waals surface area contributed by atoms with Gasteiger partial charge < -0.3 is 17.3 Å². The van der Waals surface area contributed by atoms with Gasteiger partial charge in [-0.2, -0.15) is 0 Å². The first-order chi connectivity index (χ1) is 4.00. The number of hydrogen-bond donors (Lipinski definition) is 0. The Bertz CT molecular complexity index is 113. The molecule has 1 nitrogen and oxygen atoms in total. The molecule has 0 N–H and O–H groups in total. The van der Waals surface area contributed by atoms with Crippen molar-refractivity contribution in [2.75, 3.05) is 18.8 Å². The maximum Gasteiger partial charge on any atom is 0.673 e. The summed E-state index contributed by atoms with van der Waals surface area (Å²) in [5.41, 5.74) is 0. The fourth-order valence-electron chi connectivity index (χ4n) is 0. The predicted octanol–water partition coefficient (Wildman–Crippen LogP) is 1.68. The van der Waals surface area contributed by atoms with Crippen LogP contribution in [0.5, 0.6) is 0 Å². The van der Waals surface area contributed by atoms with Crippen LogP contribution in [-0.2, 0) is 14.1 Å². The van der Waals surface area contributed by atoms with Gasteiger partial charge in [0.15, 0.2) is 0 Å². The molecule has 0 aromatic carbocycles. The van der Waals surface area contributed by atoms with Crippen LogP contribution in [0.25, 0.3) is 0 Å².